The molecule has 6 aliphatic heterocycles. The Hall–Kier alpha value is -7.32. The van der Waals surface area contributed by atoms with Crippen molar-refractivity contribution in [3.05, 3.63) is 295 Å². The summed E-state index contributed by atoms with van der Waals surface area (Å²) >= 11 is 54.7. The van der Waals surface area contributed by atoms with Gasteiger partial charge in [0, 0.05) is 118 Å². The van der Waals surface area contributed by atoms with Crippen LogP contribution in [0.2, 0.25) is 45.6 Å². The topological polar surface area (TPSA) is 109 Å². The first-order valence-corrected chi connectivity index (χ1v) is 38.5. The number of halogens is 12. The molecule has 15 rings (SSSR count). The van der Waals surface area contributed by atoms with Crippen LogP contribution in [0.4, 0.5) is 30.2 Å². The van der Waals surface area contributed by atoms with Crippen molar-refractivity contribution in [2.75, 3.05) is 93.2 Å². The molecule has 0 bridgehead atoms. The number of fused-ring (bicyclic) bond motifs is 6. The van der Waals surface area contributed by atoms with Gasteiger partial charge in [0.25, 0.3) is 17.7 Å². The first-order chi connectivity index (χ1) is 51.3. The van der Waals surface area contributed by atoms with Crippen molar-refractivity contribution >= 4 is 157 Å². The molecule has 12 nitrogen and oxygen atoms in total. The van der Waals surface area contributed by atoms with Crippen molar-refractivity contribution < 1.29 is 27.6 Å². The summed E-state index contributed by atoms with van der Waals surface area (Å²) in [6, 6.07) is 44.6. The third kappa shape index (κ3) is 18.0. The Bertz CT molecular complexity index is 4700. The molecule has 9 aromatic rings. The second kappa shape index (κ2) is 33.5. The first-order valence-electron chi connectivity index (χ1n) is 35.1. The van der Waals surface area contributed by atoms with Crippen LogP contribution in [0.3, 0.4) is 0 Å². The van der Waals surface area contributed by atoms with Crippen molar-refractivity contribution in [2.24, 2.45) is 0 Å². The molecule has 552 valence electrons. The normalized spacial score (nSPS) is 17.4. The van der Waals surface area contributed by atoms with Gasteiger partial charge in [0.15, 0.2) is 0 Å². The maximum Gasteiger partial charge on any atom is 0.416 e. The van der Waals surface area contributed by atoms with Crippen LogP contribution in [0.25, 0.3) is 18.2 Å². The lowest BCUT2D eigenvalue weighted by molar-refractivity contribution is -0.137. The summed E-state index contributed by atoms with van der Waals surface area (Å²) in [6.07, 6.45) is 17.9. The highest BCUT2D eigenvalue weighted by molar-refractivity contribution is 6.42. The van der Waals surface area contributed by atoms with E-state index < -0.39 is 17.2 Å². The molecule has 0 saturated carbocycles. The molecule has 3 aromatic heterocycles. The molecule has 6 aliphatic rings. The predicted octanol–water partition coefficient (Wildman–Crippen LogP) is 21.6. The van der Waals surface area contributed by atoms with E-state index in [-0.39, 0.29) is 33.7 Å². The highest BCUT2D eigenvalue weighted by Gasteiger charge is 2.50. The van der Waals surface area contributed by atoms with Crippen molar-refractivity contribution in [1.82, 2.24) is 29.7 Å². The molecule has 0 N–H and O–H groups in total. The number of anilines is 3. The fraction of sp³-hybridized carbons (Fsp3) is 0.277. The minimum absolute atomic E-state index is 0.0248. The second-order valence-corrected chi connectivity index (χ2v) is 31.7. The number of pyridine rings is 3. The molecule has 6 aromatic carbocycles. The number of aromatic nitrogens is 3. The van der Waals surface area contributed by atoms with E-state index in [1.54, 1.807) is 47.6 Å². The number of carbonyl (C=O) groups is 3. The lowest BCUT2D eigenvalue weighted by Gasteiger charge is -2.39. The van der Waals surface area contributed by atoms with Gasteiger partial charge in [-0.05, 0) is 233 Å². The number of aryl methyl sites for hydroxylation is 1. The van der Waals surface area contributed by atoms with Gasteiger partial charge in [-0.2, -0.15) is 13.2 Å². The van der Waals surface area contributed by atoms with Gasteiger partial charge in [-0.1, -0.05) is 183 Å². The van der Waals surface area contributed by atoms with Crippen LogP contribution < -0.4 is 14.7 Å². The molecule has 3 saturated heterocycles. The van der Waals surface area contributed by atoms with E-state index >= 15 is 0 Å². The number of carbonyl (C=O) groups excluding carboxylic acids is 3. The zero-order valence-electron chi connectivity index (χ0n) is 58.1. The summed E-state index contributed by atoms with van der Waals surface area (Å²) in [7, 11) is 0. The van der Waals surface area contributed by atoms with E-state index in [0.717, 1.165) is 111 Å². The van der Waals surface area contributed by atoms with Crippen LogP contribution in [-0.4, -0.2) is 126 Å². The quantitative estimate of drug-likeness (QED) is 0.110. The lowest BCUT2D eigenvalue weighted by atomic mass is 9.74. The summed E-state index contributed by atoms with van der Waals surface area (Å²) in [4.78, 5) is 64.8. The Balaban J connectivity index is 0.000000142. The Morgan fingerprint density at radius 3 is 1.12 bits per heavy atom. The van der Waals surface area contributed by atoms with Crippen molar-refractivity contribution in [1.29, 1.82) is 0 Å². The van der Waals surface area contributed by atoms with Crippen LogP contribution >= 0.6 is 104 Å². The molecule has 0 radical (unpaired) electrons. The average Bonchev–Trinajstić information content (AvgIpc) is 1.60. The maximum absolute atomic E-state index is 13.6. The number of piperidine rings is 3. The monoisotopic (exact) mass is 1620 g/mol. The summed E-state index contributed by atoms with van der Waals surface area (Å²) < 4.78 is 40.8. The van der Waals surface area contributed by atoms with Crippen LogP contribution in [0.15, 0.2) is 188 Å². The number of nitrogens with zero attached hydrogens (tertiary/aromatic N) is 9. The van der Waals surface area contributed by atoms with Gasteiger partial charge in [0.2, 0.25) is 0 Å². The molecule has 9 heterocycles. The van der Waals surface area contributed by atoms with Crippen LogP contribution in [-0.2, 0) is 22.4 Å². The molecule has 3 amide bonds. The van der Waals surface area contributed by atoms with Gasteiger partial charge >= 0.3 is 6.18 Å². The van der Waals surface area contributed by atoms with Gasteiger partial charge in [-0.15, -0.1) is 0 Å². The van der Waals surface area contributed by atoms with E-state index in [4.69, 9.17) is 104 Å². The van der Waals surface area contributed by atoms with Gasteiger partial charge in [-0.25, -0.2) is 15.0 Å². The Morgan fingerprint density at radius 2 is 0.738 bits per heavy atom. The summed E-state index contributed by atoms with van der Waals surface area (Å²) in [6.45, 7) is 11.4. The number of hydrogen-bond donors (Lipinski definition) is 0. The van der Waals surface area contributed by atoms with Gasteiger partial charge in [-0.3, -0.25) is 29.1 Å². The number of likely N-dealkylation sites (tertiary alicyclic amines) is 3. The SMILES string of the molecule is Cc1ccc2c(c1)C1(CCN(C/C=C/c3ccc(Cl)c(Cl)c3)CC1)CN2C(=O)c1ccnc(Cl)c1.O=C(c1ccnc(Cl)c1)N1CC2(CCN(C/C=C/c3ccc(Cl)c(Cl)c3)CC2)c2cc(Cl)ccc21.O=C(c1ccnc(Cl)c1)N1CC2(CCN(C/C=C/c3ccc(Cl)cc3)CC2)c2cc(C(F)(F)F)ccc21. The van der Waals surface area contributed by atoms with E-state index in [0.29, 0.717) is 114 Å². The van der Waals surface area contributed by atoms with Crippen LogP contribution in [0.1, 0.15) is 114 Å². The molecular formula is C83H73Cl9F3N9O3. The lowest BCUT2D eigenvalue weighted by Crippen LogP contribution is -2.46. The van der Waals surface area contributed by atoms with E-state index in [1.807, 2.05) is 94.7 Å². The fourth-order valence-corrected chi connectivity index (χ4v) is 16.9. The van der Waals surface area contributed by atoms with E-state index in [2.05, 4.69) is 85.2 Å². The van der Waals surface area contributed by atoms with E-state index in [1.165, 1.54) is 35.5 Å². The molecule has 0 unspecified atom stereocenters. The predicted molar refractivity (Wildman–Crippen MR) is 430 cm³/mol. The summed E-state index contributed by atoms with van der Waals surface area (Å²) in [5.74, 6) is -0.388. The number of hydrogen-bond acceptors (Lipinski definition) is 9. The molecule has 3 spiro atoms. The minimum Gasteiger partial charge on any atom is -0.307 e. The fourth-order valence-electron chi connectivity index (χ4n) is 15.5. The third-order valence-corrected chi connectivity index (χ3v) is 23.9. The largest absolute Gasteiger partial charge is 0.416 e. The van der Waals surface area contributed by atoms with Crippen molar-refractivity contribution in [2.45, 2.75) is 67.9 Å². The molecule has 0 aliphatic carbocycles. The van der Waals surface area contributed by atoms with Gasteiger partial charge in [0.05, 0.1) is 25.7 Å². The standard InChI is InChI=1S/C28H26Cl3N3O.C28H24Cl2F3N3O.C27H23Cl4N3O/c1-19-4-7-25-22(15-19)28(18-34(25)27(35)21-8-11-32-26(31)17-21)9-13-33(14-10-28)12-2-3-20-5-6-23(29)24(30)16-20;29-22-6-3-19(4-7-22)2-1-13-35-14-10-27(11-15-35)18-36(26(37)20-9-12-34-25(30)16-20)24-8-5-21(17-23(24)27)28(31,32)33;28-20-4-6-24-21(16-20)27(17-34(24)26(35)19-7-10-32-25(31)15-19)8-12-33(13-9-27)11-1-2-18-3-5-22(29)23(30)14-18/h2-8,11,15-17H,9-10,12-14,18H2,1H3;1-9,12,16-17H,10-11,13-15,18H2;1-7,10,14-16H,8-9,11-13,17H2/b3-2+;2*2-1+. The van der Waals surface area contributed by atoms with E-state index in [9.17, 15) is 27.6 Å². The average molecular weight is 1620 g/mol. The highest BCUT2D eigenvalue weighted by atomic mass is 35.5. The van der Waals surface area contributed by atoms with Gasteiger partial charge < -0.3 is 14.7 Å². The Kier molecular flexibility index (Phi) is 24.4. The number of alkyl halides is 3. The Labute approximate surface area is 665 Å². The highest BCUT2D eigenvalue weighted by Crippen LogP contribution is 2.52. The van der Waals surface area contributed by atoms with Crippen LogP contribution in [0.5, 0.6) is 0 Å². The molecule has 24 heteroatoms. The third-order valence-electron chi connectivity index (χ3n) is 21.3. The zero-order valence-corrected chi connectivity index (χ0v) is 64.9. The first kappa shape index (κ1) is 77.8. The Morgan fingerprint density at radius 1 is 0.393 bits per heavy atom. The van der Waals surface area contributed by atoms with Crippen molar-refractivity contribution in [3.8, 4) is 0 Å². The van der Waals surface area contributed by atoms with Gasteiger partial charge in [0.1, 0.15) is 15.5 Å². The number of rotatable bonds is 12. The molecule has 107 heavy (non-hydrogen) atoms. The molecular weight excluding hydrogens is 1550 g/mol. The minimum atomic E-state index is -4.46. The molecule has 3 fully saturated rings. The molecule has 0 atom stereocenters. The zero-order chi connectivity index (χ0) is 75.4. The smallest absolute Gasteiger partial charge is 0.307 e. The van der Waals surface area contributed by atoms with Crippen LogP contribution in [0, 0.1) is 6.92 Å². The second-order valence-electron chi connectivity index (χ2n) is 28.0. The summed E-state index contributed by atoms with van der Waals surface area (Å²) in [5, 5.41) is 4.45. The number of amides is 3. The number of benzene rings is 6. The summed E-state index contributed by atoms with van der Waals surface area (Å²) in [5.41, 5.74) is 9.92. The van der Waals surface area contributed by atoms with Crippen molar-refractivity contribution in [3.63, 3.8) is 0 Å². The maximum atomic E-state index is 13.6.